The molecule has 2 aromatic rings. The molecule has 9 heteroatoms. The van der Waals surface area contributed by atoms with E-state index < -0.39 is 37.5 Å². The Morgan fingerprint density at radius 2 is 1.81 bits per heavy atom. The molecule has 0 spiro atoms. The summed E-state index contributed by atoms with van der Waals surface area (Å²) in [5.41, 5.74) is 2.65. The van der Waals surface area contributed by atoms with E-state index in [0.717, 1.165) is 10.5 Å². The molecular formula is C18H18N4O5. The van der Waals surface area contributed by atoms with Gasteiger partial charge in [0, 0.05) is 17.5 Å². The zero-order valence-corrected chi connectivity index (χ0v) is 14.5. The van der Waals surface area contributed by atoms with Crippen molar-refractivity contribution in [3.05, 3.63) is 41.6 Å². The van der Waals surface area contributed by atoms with E-state index in [-0.39, 0.29) is 0 Å². The average molecular weight is 370 g/mol. The SMILES string of the molecule is Cc1ccc(NC(=O)CN(CC(=O)O)CC(=O)O)c(-c2ccc[nH]2)c1C#N. The van der Waals surface area contributed by atoms with Gasteiger partial charge in [0.05, 0.1) is 30.9 Å². The summed E-state index contributed by atoms with van der Waals surface area (Å²) in [7, 11) is 0. The van der Waals surface area contributed by atoms with Gasteiger partial charge in [0.15, 0.2) is 0 Å². The summed E-state index contributed by atoms with van der Waals surface area (Å²) in [5.74, 6) is -3.06. The molecule has 1 aromatic heterocycles. The molecule has 27 heavy (non-hydrogen) atoms. The highest BCUT2D eigenvalue weighted by atomic mass is 16.4. The normalized spacial score (nSPS) is 10.4. The smallest absolute Gasteiger partial charge is 0.317 e. The minimum Gasteiger partial charge on any atom is -0.480 e. The predicted molar refractivity (Wildman–Crippen MR) is 96.0 cm³/mol. The second-order valence-electron chi connectivity index (χ2n) is 5.86. The number of carboxylic acid groups (broad SMARTS) is 2. The zero-order valence-electron chi connectivity index (χ0n) is 14.5. The Hall–Kier alpha value is -3.64. The first kappa shape index (κ1) is 19.7. The van der Waals surface area contributed by atoms with Crippen molar-refractivity contribution >= 4 is 23.5 Å². The van der Waals surface area contributed by atoms with E-state index in [1.54, 1.807) is 37.4 Å². The van der Waals surface area contributed by atoms with Crippen LogP contribution in [-0.2, 0) is 14.4 Å². The fourth-order valence-corrected chi connectivity index (χ4v) is 2.66. The largest absolute Gasteiger partial charge is 0.480 e. The molecule has 0 unspecified atom stereocenters. The van der Waals surface area contributed by atoms with Gasteiger partial charge in [-0.25, -0.2) is 0 Å². The number of carboxylic acids is 2. The number of hydrogen-bond acceptors (Lipinski definition) is 5. The van der Waals surface area contributed by atoms with E-state index >= 15 is 0 Å². The second-order valence-corrected chi connectivity index (χ2v) is 5.86. The number of amides is 1. The Kier molecular flexibility index (Phi) is 6.30. The van der Waals surface area contributed by atoms with Crippen molar-refractivity contribution < 1.29 is 24.6 Å². The van der Waals surface area contributed by atoms with Crippen molar-refractivity contribution in [3.63, 3.8) is 0 Å². The molecule has 4 N–H and O–H groups in total. The van der Waals surface area contributed by atoms with Crippen LogP contribution in [0.2, 0.25) is 0 Å². The lowest BCUT2D eigenvalue weighted by molar-refractivity contribution is -0.142. The predicted octanol–water partition coefficient (Wildman–Crippen LogP) is 1.27. The quantitative estimate of drug-likeness (QED) is 0.547. The Morgan fingerprint density at radius 1 is 1.15 bits per heavy atom. The van der Waals surface area contributed by atoms with Gasteiger partial charge in [0.2, 0.25) is 5.91 Å². The number of nitrogens with one attached hydrogen (secondary N) is 2. The summed E-state index contributed by atoms with van der Waals surface area (Å²) in [5, 5.41) is 29.8. The molecule has 0 aliphatic rings. The highest BCUT2D eigenvalue weighted by Gasteiger charge is 2.20. The van der Waals surface area contributed by atoms with Crippen molar-refractivity contribution in [1.29, 1.82) is 5.26 Å². The Morgan fingerprint density at radius 3 is 2.33 bits per heavy atom. The van der Waals surface area contributed by atoms with E-state index in [9.17, 15) is 19.6 Å². The van der Waals surface area contributed by atoms with Crippen LogP contribution in [0.15, 0.2) is 30.5 Å². The average Bonchev–Trinajstić information content (AvgIpc) is 3.08. The summed E-state index contributed by atoms with van der Waals surface area (Å²) in [6.07, 6.45) is 1.69. The third kappa shape index (κ3) is 5.17. The van der Waals surface area contributed by atoms with Crippen LogP contribution in [0, 0.1) is 18.3 Å². The van der Waals surface area contributed by atoms with Crippen LogP contribution in [0.4, 0.5) is 5.69 Å². The summed E-state index contributed by atoms with van der Waals surface area (Å²) in [6, 6.07) is 8.96. The number of anilines is 1. The van der Waals surface area contributed by atoms with Crippen LogP contribution in [0.25, 0.3) is 11.3 Å². The van der Waals surface area contributed by atoms with E-state index in [4.69, 9.17) is 10.2 Å². The number of hydrogen-bond donors (Lipinski definition) is 4. The van der Waals surface area contributed by atoms with E-state index in [1.165, 1.54) is 0 Å². The van der Waals surface area contributed by atoms with Gasteiger partial charge in [0.25, 0.3) is 0 Å². The molecule has 2 rings (SSSR count). The van der Waals surface area contributed by atoms with Gasteiger partial charge in [-0.05, 0) is 30.7 Å². The van der Waals surface area contributed by atoms with E-state index in [1.807, 2.05) is 0 Å². The Bertz CT molecular complexity index is 883. The number of aromatic amines is 1. The third-order valence-corrected chi connectivity index (χ3v) is 3.75. The first-order valence-electron chi connectivity index (χ1n) is 7.95. The first-order valence-corrected chi connectivity index (χ1v) is 7.95. The van der Waals surface area contributed by atoms with Gasteiger partial charge in [-0.1, -0.05) is 6.07 Å². The molecule has 0 bridgehead atoms. The van der Waals surface area contributed by atoms with Crippen molar-refractivity contribution in [1.82, 2.24) is 9.88 Å². The summed E-state index contributed by atoms with van der Waals surface area (Å²) < 4.78 is 0. The molecule has 1 heterocycles. The zero-order chi connectivity index (χ0) is 20.0. The topological polar surface area (TPSA) is 147 Å². The number of nitrogens with zero attached hydrogens (tertiary/aromatic N) is 2. The van der Waals surface area contributed by atoms with Gasteiger partial charge in [-0.3, -0.25) is 19.3 Å². The lowest BCUT2D eigenvalue weighted by Gasteiger charge is -2.19. The molecule has 9 nitrogen and oxygen atoms in total. The standard InChI is InChI=1S/C18H18N4O5/c1-11-4-5-14(18(12(11)7-19)13-3-2-6-20-13)21-15(23)8-22(9-16(24)25)10-17(26)27/h2-6,20H,8-10H2,1H3,(H,21,23)(H,24,25)(H,26,27). The Balaban J connectivity index is 2.28. The summed E-state index contributed by atoms with van der Waals surface area (Å²) in [4.78, 5) is 38.1. The molecule has 0 fully saturated rings. The molecule has 0 saturated heterocycles. The van der Waals surface area contributed by atoms with Crippen molar-refractivity contribution in [2.45, 2.75) is 6.92 Å². The maximum Gasteiger partial charge on any atom is 0.317 e. The molecule has 1 amide bonds. The third-order valence-electron chi connectivity index (χ3n) is 3.75. The van der Waals surface area contributed by atoms with Gasteiger partial charge in [-0.2, -0.15) is 5.26 Å². The molecule has 0 aliphatic carbocycles. The molecule has 0 radical (unpaired) electrons. The number of carbonyl (C=O) groups is 3. The molecule has 0 saturated carbocycles. The van der Waals surface area contributed by atoms with Crippen molar-refractivity contribution in [2.75, 3.05) is 25.0 Å². The van der Waals surface area contributed by atoms with Gasteiger partial charge in [0.1, 0.15) is 6.07 Å². The van der Waals surface area contributed by atoms with Crippen LogP contribution in [-0.4, -0.2) is 57.6 Å². The number of rotatable bonds is 8. The molecule has 0 aliphatic heterocycles. The minimum absolute atomic E-state index is 0.371. The van der Waals surface area contributed by atoms with Crippen LogP contribution < -0.4 is 5.32 Å². The monoisotopic (exact) mass is 370 g/mol. The van der Waals surface area contributed by atoms with Crippen molar-refractivity contribution in [3.8, 4) is 17.3 Å². The molecular weight excluding hydrogens is 352 g/mol. The molecule has 1 aromatic carbocycles. The maximum absolute atomic E-state index is 12.4. The van der Waals surface area contributed by atoms with Gasteiger partial charge in [-0.15, -0.1) is 0 Å². The van der Waals surface area contributed by atoms with Gasteiger partial charge >= 0.3 is 11.9 Å². The number of benzene rings is 1. The number of aliphatic carboxylic acids is 2. The van der Waals surface area contributed by atoms with Crippen molar-refractivity contribution in [2.24, 2.45) is 0 Å². The molecule has 0 atom stereocenters. The number of H-pyrrole nitrogens is 1. The molecule has 140 valence electrons. The highest BCUT2D eigenvalue weighted by molar-refractivity contribution is 5.98. The lowest BCUT2D eigenvalue weighted by atomic mass is 9.98. The first-order chi connectivity index (χ1) is 12.8. The second kappa shape index (κ2) is 8.64. The van der Waals surface area contributed by atoms with Crippen LogP contribution >= 0.6 is 0 Å². The van der Waals surface area contributed by atoms with E-state index in [2.05, 4.69) is 16.4 Å². The van der Waals surface area contributed by atoms with Crippen LogP contribution in [0.1, 0.15) is 11.1 Å². The summed E-state index contributed by atoms with van der Waals surface area (Å²) >= 11 is 0. The maximum atomic E-state index is 12.4. The lowest BCUT2D eigenvalue weighted by Crippen LogP contribution is -2.40. The highest BCUT2D eigenvalue weighted by Crippen LogP contribution is 2.32. The number of aryl methyl sites for hydroxylation is 1. The number of carbonyl (C=O) groups excluding carboxylic acids is 1. The van der Waals surface area contributed by atoms with E-state index in [0.29, 0.717) is 22.5 Å². The fourth-order valence-electron chi connectivity index (χ4n) is 2.66. The van der Waals surface area contributed by atoms with Crippen LogP contribution in [0.5, 0.6) is 0 Å². The minimum atomic E-state index is -1.24. The fraction of sp³-hybridized carbons (Fsp3) is 0.222. The van der Waals surface area contributed by atoms with Crippen LogP contribution in [0.3, 0.4) is 0 Å². The Labute approximate surface area is 154 Å². The number of aromatic nitrogens is 1. The summed E-state index contributed by atoms with van der Waals surface area (Å²) in [6.45, 7) is 0.192. The van der Waals surface area contributed by atoms with Gasteiger partial charge < -0.3 is 20.5 Å². The number of nitriles is 1.